The Morgan fingerprint density at radius 2 is 1.07 bits per heavy atom. The number of carbonyl (C=O) groups excluding carboxylic acids is 3. The van der Waals surface area contributed by atoms with Gasteiger partial charge >= 0.3 is 19.8 Å². The van der Waals surface area contributed by atoms with Gasteiger partial charge in [0.25, 0.3) is 0 Å². The van der Waals surface area contributed by atoms with Crippen LogP contribution in [0, 0.1) is 0 Å². The first-order valence-electron chi connectivity index (χ1n) is 22.6. The SMILES string of the molecule is CCCCC/C=C\C/C=C\C/C=C\C/C=C\CCCCCC(=O)OC[C@H](COP(=O)(O)OCC[N+](C)(C)C)OC(=O)CCCCCCC/C=C\C=C\C(=O)CCCCC. The fraction of sp³-hybridized carbons (Fsp3) is 0.688. The summed E-state index contributed by atoms with van der Waals surface area (Å²) in [5.41, 5.74) is 0. The van der Waals surface area contributed by atoms with Crippen LogP contribution >= 0.6 is 7.82 Å². The Morgan fingerprint density at radius 3 is 1.68 bits per heavy atom. The molecule has 0 spiro atoms. The lowest BCUT2D eigenvalue weighted by atomic mass is 10.1. The van der Waals surface area contributed by atoms with E-state index >= 15 is 0 Å². The number of rotatable bonds is 40. The molecule has 1 unspecified atom stereocenters. The summed E-state index contributed by atoms with van der Waals surface area (Å²) in [6.45, 7) is 4.13. The Kier molecular flexibility index (Phi) is 37.4. The molecule has 0 aliphatic heterocycles. The van der Waals surface area contributed by atoms with Gasteiger partial charge in [0.1, 0.15) is 19.8 Å². The molecule has 2 atom stereocenters. The maximum absolute atomic E-state index is 12.7. The van der Waals surface area contributed by atoms with Gasteiger partial charge in [-0.3, -0.25) is 23.4 Å². The van der Waals surface area contributed by atoms with E-state index in [1.807, 2.05) is 33.3 Å². The molecule has 11 heteroatoms. The Morgan fingerprint density at radius 1 is 0.576 bits per heavy atom. The number of quaternary nitrogens is 1. The van der Waals surface area contributed by atoms with Gasteiger partial charge in [0.2, 0.25) is 0 Å². The minimum absolute atomic E-state index is 0.00662. The fourth-order valence-corrected chi connectivity index (χ4v) is 6.31. The van der Waals surface area contributed by atoms with Crippen LogP contribution < -0.4 is 0 Å². The highest BCUT2D eigenvalue weighted by molar-refractivity contribution is 7.47. The molecule has 0 saturated heterocycles. The van der Waals surface area contributed by atoms with Crippen molar-refractivity contribution in [3.63, 3.8) is 0 Å². The first kappa shape index (κ1) is 56.1. The van der Waals surface area contributed by atoms with Crippen LogP contribution in [0.1, 0.15) is 162 Å². The summed E-state index contributed by atoms with van der Waals surface area (Å²) in [5, 5.41) is 0. The fourth-order valence-electron chi connectivity index (χ4n) is 5.57. The Labute approximate surface area is 359 Å². The third kappa shape index (κ3) is 43.0. The van der Waals surface area contributed by atoms with Gasteiger partial charge < -0.3 is 18.9 Å². The molecule has 0 amide bonds. The molecule has 1 N–H and O–H groups in total. The molecule has 0 bridgehead atoms. The van der Waals surface area contributed by atoms with Crippen LogP contribution in [-0.4, -0.2) is 80.7 Å². The van der Waals surface area contributed by atoms with Gasteiger partial charge in [-0.1, -0.05) is 132 Å². The Bertz CT molecular complexity index is 1300. The van der Waals surface area contributed by atoms with Crippen LogP contribution in [0.15, 0.2) is 72.9 Å². The summed E-state index contributed by atoms with van der Waals surface area (Å²) >= 11 is 0. The van der Waals surface area contributed by atoms with E-state index in [0.717, 1.165) is 89.9 Å². The summed E-state index contributed by atoms with van der Waals surface area (Å²) in [6.07, 6.45) is 45.0. The number of nitrogens with zero attached hydrogens (tertiary/aromatic N) is 1. The van der Waals surface area contributed by atoms with Gasteiger partial charge in [0.05, 0.1) is 27.7 Å². The Hall–Kier alpha value is -2.88. The van der Waals surface area contributed by atoms with Gasteiger partial charge in [-0.2, -0.15) is 0 Å². The predicted octanol–water partition coefficient (Wildman–Crippen LogP) is 12.2. The molecule has 10 nitrogen and oxygen atoms in total. The molecule has 0 aromatic carbocycles. The highest BCUT2D eigenvalue weighted by atomic mass is 31.2. The van der Waals surface area contributed by atoms with Crippen molar-refractivity contribution in [2.45, 2.75) is 168 Å². The number of hydrogen-bond donors (Lipinski definition) is 1. The molecule has 0 aliphatic rings. The van der Waals surface area contributed by atoms with E-state index in [1.54, 1.807) is 6.08 Å². The van der Waals surface area contributed by atoms with Crippen LogP contribution in [0.4, 0.5) is 0 Å². The van der Waals surface area contributed by atoms with Gasteiger partial charge in [-0.05, 0) is 83.1 Å². The zero-order chi connectivity index (χ0) is 43.7. The zero-order valence-electron chi connectivity index (χ0n) is 37.7. The zero-order valence-corrected chi connectivity index (χ0v) is 38.6. The number of ketones is 1. The smallest absolute Gasteiger partial charge is 0.462 e. The molecule has 0 radical (unpaired) electrons. The summed E-state index contributed by atoms with van der Waals surface area (Å²) in [4.78, 5) is 47.2. The predicted molar refractivity (Wildman–Crippen MR) is 243 cm³/mol. The second-order valence-corrected chi connectivity index (χ2v) is 17.6. The van der Waals surface area contributed by atoms with E-state index < -0.39 is 32.5 Å². The van der Waals surface area contributed by atoms with Crippen molar-refractivity contribution in [2.75, 3.05) is 47.5 Å². The van der Waals surface area contributed by atoms with E-state index in [0.29, 0.717) is 30.3 Å². The van der Waals surface area contributed by atoms with Crippen molar-refractivity contribution < 1.29 is 46.8 Å². The number of likely N-dealkylation sites (N-methyl/N-ethyl adjacent to an activating group) is 1. The highest BCUT2D eigenvalue weighted by Crippen LogP contribution is 2.43. The molecular formula is C48H83NO9P+. The highest BCUT2D eigenvalue weighted by Gasteiger charge is 2.27. The molecule has 0 fully saturated rings. The second-order valence-electron chi connectivity index (χ2n) is 16.1. The first-order valence-corrected chi connectivity index (χ1v) is 24.1. The molecule has 0 saturated carbocycles. The number of esters is 2. The first-order chi connectivity index (χ1) is 28.4. The van der Waals surface area contributed by atoms with E-state index in [-0.39, 0.29) is 31.8 Å². The lowest BCUT2D eigenvalue weighted by molar-refractivity contribution is -0.870. The van der Waals surface area contributed by atoms with E-state index in [4.69, 9.17) is 18.5 Å². The van der Waals surface area contributed by atoms with Crippen molar-refractivity contribution >= 4 is 25.5 Å². The molecule has 0 rings (SSSR count). The number of allylic oxidation sites excluding steroid dienone is 12. The van der Waals surface area contributed by atoms with Crippen molar-refractivity contribution in [1.82, 2.24) is 0 Å². The summed E-state index contributed by atoms with van der Waals surface area (Å²) in [7, 11) is 1.39. The number of hydrogen-bond acceptors (Lipinski definition) is 8. The number of phosphoric ester groups is 1. The minimum Gasteiger partial charge on any atom is -0.462 e. The molecule has 0 aromatic rings. The van der Waals surface area contributed by atoms with E-state index in [2.05, 4.69) is 68.5 Å². The standard InChI is InChI=1S/C48H82NO9P/c1-6-8-10-11-12-13-14-15-16-17-18-19-20-21-22-25-28-31-35-39-47(51)55-43-46(44-57-59(53,54)56-42-41-49(3,4)5)58-48(52)40-36-32-29-26-23-24-27-30-34-38-45(50)37-33-9-7-2/h12-13,15-16,18-19,21-22,27,30,34,38,46H,6-11,14,17,20,23-26,28-29,31-33,35-37,39-44H2,1-5H3/p+1/b13-12-,16-15-,19-18-,22-21-,30-27-,38-34+/t46-/m1/s1. The average molecular weight is 849 g/mol. The van der Waals surface area contributed by atoms with E-state index in [1.165, 1.54) is 25.7 Å². The van der Waals surface area contributed by atoms with Crippen LogP contribution in [0.5, 0.6) is 0 Å². The quantitative estimate of drug-likeness (QED) is 0.0122. The van der Waals surface area contributed by atoms with Gasteiger partial charge in [-0.25, -0.2) is 4.57 Å². The maximum atomic E-state index is 12.7. The third-order valence-corrected chi connectivity index (χ3v) is 10.2. The molecule has 0 aliphatic carbocycles. The van der Waals surface area contributed by atoms with Gasteiger partial charge in [-0.15, -0.1) is 0 Å². The molecule has 338 valence electrons. The molecule has 59 heavy (non-hydrogen) atoms. The van der Waals surface area contributed by atoms with Gasteiger partial charge in [0.15, 0.2) is 11.9 Å². The van der Waals surface area contributed by atoms with Crippen molar-refractivity contribution in [2.24, 2.45) is 0 Å². The molecular weight excluding hydrogens is 765 g/mol. The lowest BCUT2D eigenvalue weighted by Gasteiger charge is -2.24. The van der Waals surface area contributed by atoms with Crippen molar-refractivity contribution in [1.29, 1.82) is 0 Å². The van der Waals surface area contributed by atoms with Crippen molar-refractivity contribution in [3.05, 3.63) is 72.9 Å². The van der Waals surface area contributed by atoms with E-state index in [9.17, 15) is 23.8 Å². The Balaban J connectivity index is 4.48. The second kappa shape index (κ2) is 39.3. The number of ether oxygens (including phenoxy) is 2. The summed E-state index contributed by atoms with van der Waals surface area (Å²) in [6, 6.07) is 0. The van der Waals surface area contributed by atoms with Gasteiger partial charge in [0, 0.05) is 19.3 Å². The molecule has 0 aromatic heterocycles. The maximum Gasteiger partial charge on any atom is 0.472 e. The number of carbonyl (C=O) groups is 3. The number of unbranched alkanes of at least 4 members (excludes halogenated alkanes) is 13. The normalized spacial score (nSPS) is 14.1. The van der Waals surface area contributed by atoms with Crippen LogP contribution in [-0.2, 0) is 37.5 Å². The topological polar surface area (TPSA) is 125 Å². The average Bonchev–Trinajstić information content (AvgIpc) is 3.18. The largest absolute Gasteiger partial charge is 0.472 e. The molecule has 0 heterocycles. The minimum atomic E-state index is -4.41. The van der Waals surface area contributed by atoms with Crippen LogP contribution in [0.25, 0.3) is 0 Å². The van der Waals surface area contributed by atoms with Crippen molar-refractivity contribution in [3.8, 4) is 0 Å². The third-order valence-electron chi connectivity index (χ3n) is 9.19. The lowest BCUT2D eigenvalue weighted by Crippen LogP contribution is -2.37. The number of phosphoric acid groups is 1. The monoisotopic (exact) mass is 849 g/mol. The van der Waals surface area contributed by atoms with Crippen LogP contribution in [0.3, 0.4) is 0 Å². The summed E-state index contributed by atoms with van der Waals surface area (Å²) in [5.74, 6) is -0.730. The van der Waals surface area contributed by atoms with Crippen LogP contribution in [0.2, 0.25) is 0 Å². The summed E-state index contributed by atoms with van der Waals surface area (Å²) < 4.78 is 34.2.